The Morgan fingerprint density at radius 3 is 2.94 bits per heavy atom. The van der Waals surface area contributed by atoms with Crippen LogP contribution >= 0.6 is 0 Å². The fourth-order valence-electron chi connectivity index (χ4n) is 2.78. The Bertz CT molecular complexity index is 701. The second-order valence-corrected chi connectivity index (χ2v) is 4.71. The molecule has 2 aliphatic rings. The van der Waals surface area contributed by atoms with Gasteiger partial charge in [-0.25, -0.2) is 0 Å². The molecule has 1 aromatic carbocycles. The zero-order valence-electron chi connectivity index (χ0n) is 10.1. The maximum absolute atomic E-state index is 2.30. The lowest BCUT2D eigenvalue weighted by molar-refractivity contribution is 0.584. The molecule has 0 aliphatic carbocycles. The van der Waals surface area contributed by atoms with E-state index in [1.54, 1.807) is 0 Å². The van der Waals surface area contributed by atoms with E-state index in [0.717, 1.165) is 13.0 Å². The van der Waals surface area contributed by atoms with Gasteiger partial charge in [0.15, 0.2) is 0 Å². The molecule has 88 valence electrons. The molecule has 0 N–H and O–H groups in total. The molecule has 0 atom stereocenters. The fraction of sp³-hybridized carbons (Fsp3) is 0.125. The Kier molecular flexibility index (Phi) is 1.97. The van der Waals surface area contributed by atoms with Crippen LogP contribution in [0.3, 0.4) is 0 Å². The Balaban J connectivity index is 2.03. The lowest BCUT2D eigenvalue weighted by Gasteiger charge is -2.23. The summed E-state index contributed by atoms with van der Waals surface area (Å²) in [6.45, 7) is 0.943. The van der Waals surface area contributed by atoms with Crippen molar-refractivity contribution in [3.05, 3.63) is 60.5 Å². The smallest absolute Gasteiger partial charge is 0.0696 e. The summed E-state index contributed by atoms with van der Waals surface area (Å²) in [5.74, 6) is 0. The molecule has 2 heteroatoms. The van der Waals surface area contributed by atoms with Gasteiger partial charge >= 0.3 is 0 Å². The zero-order valence-corrected chi connectivity index (χ0v) is 10.1. The highest BCUT2D eigenvalue weighted by Gasteiger charge is 2.18. The van der Waals surface area contributed by atoms with E-state index in [4.69, 9.17) is 0 Å². The molecular formula is C16H14N2. The van der Waals surface area contributed by atoms with Crippen molar-refractivity contribution in [1.29, 1.82) is 0 Å². The van der Waals surface area contributed by atoms with Crippen LogP contribution in [-0.2, 0) is 0 Å². The van der Waals surface area contributed by atoms with E-state index < -0.39 is 0 Å². The van der Waals surface area contributed by atoms with E-state index in [2.05, 4.69) is 70.4 Å². The number of rotatable bonds is 0. The van der Waals surface area contributed by atoms with Crippen molar-refractivity contribution in [2.45, 2.75) is 6.42 Å². The highest BCUT2D eigenvalue weighted by molar-refractivity contribution is 5.88. The second-order valence-electron chi connectivity index (χ2n) is 4.71. The molecule has 2 aromatic rings. The molecule has 0 unspecified atom stereocenters. The first kappa shape index (κ1) is 9.77. The first-order valence-corrected chi connectivity index (χ1v) is 6.34. The molecule has 0 saturated heterocycles. The Morgan fingerprint density at radius 2 is 1.94 bits per heavy atom. The molecule has 0 fully saturated rings. The van der Waals surface area contributed by atoms with Gasteiger partial charge in [0, 0.05) is 24.3 Å². The molecule has 0 saturated carbocycles. The maximum Gasteiger partial charge on any atom is 0.0696 e. The third kappa shape index (κ3) is 1.29. The Labute approximate surface area is 106 Å². The van der Waals surface area contributed by atoms with Gasteiger partial charge in [0.05, 0.1) is 16.9 Å². The minimum atomic E-state index is 0.943. The lowest BCUT2D eigenvalue weighted by Crippen LogP contribution is -2.16. The molecule has 0 radical (unpaired) electrons. The summed E-state index contributed by atoms with van der Waals surface area (Å²) in [6, 6.07) is 10.8. The van der Waals surface area contributed by atoms with Crippen molar-refractivity contribution in [2.24, 2.45) is 0 Å². The zero-order chi connectivity index (χ0) is 11.9. The SMILES string of the molecule is C1=CN2CC=Cn3c(cc4ccccc43)C2=CC1. The second kappa shape index (κ2) is 3.64. The number of hydrogen-bond acceptors (Lipinski definition) is 1. The van der Waals surface area contributed by atoms with E-state index in [9.17, 15) is 0 Å². The van der Waals surface area contributed by atoms with Crippen LogP contribution in [0.2, 0.25) is 0 Å². The van der Waals surface area contributed by atoms with Gasteiger partial charge in [-0.2, -0.15) is 0 Å². The third-order valence-electron chi connectivity index (χ3n) is 3.61. The van der Waals surface area contributed by atoms with Gasteiger partial charge in [0.2, 0.25) is 0 Å². The minimum absolute atomic E-state index is 0.943. The molecule has 2 aliphatic heterocycles. The topological polar surface area (TPSA) is 8.17 Å². The summed E-state index contributed by atoms with van der Waals surface area (Å²) in [6.07, 6.45) is 12.1. The van der Waals surface area contributed by atoms with Crippen molar-refractivity contribution in [1.82, 2.24) is 9.47 Å². The number of para-hydroxylation sites is 1. The summed E-state index contributed by atoms with van der Waals surface area (Å²) >= 11 is 0. The molecule has 4 rings (SSSR count). The van der Waals surface area contributed by atoms with Gasteiger partial charge in [-0.15, -0.1) is 0 Å². The van der Waals surface area contributed by atoms with Crippen LogP contribution < -0.4 is 0 Å². The molecule has 3 heterocycles. The predicted molar refractivity (Wildman–Crippen MR) is 75.7 cm³/mol. The van der Waals surface area contributed by atoms with Crippen molar-refractivity contribution in [3.63, 3.8) is 0 Å². The quantitative estimate of drug-likeness (QED) is 0.675. The molecule has 0 bridgehead atoms. The molecule has 1 aromatic heterocycles. The summed E-state index contributed by atoms with van der Waals surface area (Å²) in [4.78, 5) is 2.30. The van der Waals surface area contributed by atoms with Crippen LogP contribution in [0.1, 0.15) is 12.1 Å². The van der Waals surface area contributed by atoms with Crippen LogP contribution in [0.4, 0.5) is 0 Å². The third-order valence-corrected chi connectivity index (χ3v) is 3.61. The monoisotopic (exact) mass is 234 g/mol. The first-order chi connectivity index (χ1) is 8.93. The van der Waals surface area contributed by atoms with Crippen molar-refractivity contribution < 1.29 is 0 Å². The van der Waals surface area contributed by atoms with Crippen LogP contribution in [0, 0.1) is 0 Å². The van der Waals surface area contributed by atoms with E-state index >= 15 is 0 Å². The highest BCUT2D eigenvalue weighted by atomic mass is 15.2. The van der Waals surface area contributed by atoms with Crippen LogP contribution in [0.5, 0.6) is 0 Å². The van der Waals surface area contributed by atoms with Crippen LogP contribution in [0.25, 0.3) is 22.8 Å². The number of hydrogen-bond donors (Lipinski definition) is 0. The highest BCUT2D eigenvalue weighted by Crippen LogP contribution is 2.31. The van der Waals surface area contributed by atoms with E-state index in [0.29, 0.717) is 0 Å². The molecule has 0 amide bonds. The van der Waals surface area contributed by atoms with Crippen molar-refractivity contribution in [3.8, 4) is 0 Å². The average molecular weight is 234 g/mol. The van der Waals surface area contributed by atoms with Gasteiger partial charge in [-0.05, 0) is 24.6 Å². The molecular weight excluding hydrogens is 220 g/mol. The standard InChI is InChI=1S/C16H14N2/c1-2-7-14-13(6-1)12-16-15-8-3-4-9-17(15)10-5-11-18(14)16/h1-2,4-9,11-12H,3,10H2. The predicted octanol–water partition coefficient (Wildman–Crippen LogP) is 3.69. The first-order valence-electron chi connectivity index (χ1n) is 6.34. The Morgan fingerprint density at radius 1 is 1.00 bits per heavy atom. The average Bonchev–Trinajstić information content (AvgIpc) is 2.69. The van der Waals surface area contributed by atoms with Gasteiger partial charge < -0.3 is 9.47 Å². The number of fused-ring (bicyclic) bond motifs is 5. The normalized spacial score (nSPS) is 17.3. The summed E-state index contributed by atoms with van der Waals surface area (Å²) in [5, 5.41) is 1.30. The van der Waals surface area contributed by atoms with E-state index in [1.807, 2.05) is 0 Å². The molecule has 18 heavy (non-hydrogen) atoms. The van der Waals surface area contributed by atoms with Gasteiger partial charge in [-0.1, -0.05) is 30.4 Å². The maximum atomic E-state index is 2.30. The lowest BCUT2D eigenvalue weighted by atomic mass is 10.1. The van der Waals surface area contributed by atoms with Gasteiger partial charge in [0.25, 0.3) is 0 Å². The van der Waals surface area contributed by atoms with Crippen LogP contribution in [0.15, 0.2) is 54.8 Å². The number of aromatic nitrogens is 1. The summed E-state index contributed by atoms with van der Waals surface area (Å²) in [7, 11) is 0. The van der Waals surface area contributed by atoms with Gasteiger partial charge in [-0.3, -0.25) is 0 Å². The largest absolute Gasteiger partial charge is 0.343 e. The number of nitrogens with zero attached hydrogens (tertiary/aromatic N) is 2. The summed E-state index contributed by atoms with van der Waals surface area (Å²) < 4.78 is 2.29. The Hall–Kier alpha value is -2.22. The number of benzene rings is 1. The fourth-order valence-corrected chi connectivity index (χ4v) is 2.78. The van der Waals surface area contributed by atoms with Crippen LogP contribution in [-0.4, -0.2) is 16.0 Å². The van der Waals surface area contributed by atoms with Crippen molar-refractivity contribution in [2.75, 3.05) is 6.54 Å². The molecule has 0 spiro atoms. The van der Waals surface area contributed by atoms with E-state index in [-0.39, 0.29) is 0 Å². The molecule has 2 nitrogen and oxygen atoms in total. The summed E-state index contributed by atoms with van der Waals surface area (Å²) in [5.41, 5.74) is 3.88. The van der Waals surface area contributed by atoms with E-state index in [1.165, 1.54) is 22.3 Å². The number of allylic oxidation sites excluding steroid dienone is 2. The van der Waals surface area contributed by atoms with Crippen molar-refractivity contribution >= 4 is 22.8 Å². The minimum Gasteiger partial charge on any atom is -0.343 e. The van der Waals surface area contributed by atoms with Gasteiger partial charge in [0.1, 0.15) is 0 Å².